The minimum absolute atomic E-state index is 0.0969. The Balaban J connectivity index is 3.87. The summed E-state index contributed by atoms with van der Waals surface area (Å²) >= 11 is 0. The molecule has 0 saturated carbocycles. The minimum Gasteiger partial charge on any atom is -0.394 e. The second kappa shape index (κ2) is 22.3. The molecule has 0 aromatic carbocycles. The quantitative estimate of drug-likeness (QED) is 0.167. The average molecular weight is 422 g/mol. The molecule has 0 radical (unpaired) electrons. The van der Waals surface area contributed by atoms with E-state index >= 15 is 0 Å². The van der Waals surface area contributed by atoms with E-state index in [1.165, 1.54) is 38.5 Å². The highest BCUT2D eigenvalue weighted by Gasteiger charge is 2.17. The number of nitrogens with one attached hydrogen (secondary N) is 1. The van der Waals surface area contributed by atoms with Gasteiger partial charge in [-0.15, -0.1) is 0 Å². The summed E-state index contributed by atoms with van der Waals surface area (Å²) in [4.78, 5) is 12.0. The number of rotatable bonds is 20. The highest BCUT2D eigenvalue weighted by atomic mass is 16.3. The van der Waals surface area contributed by atoms with Crippen molar-refractivity contribution in [1.82, 2.24) is 5.32 Å². The maximum absolute atomic E-state index is 12.0. The van der Waals surface area contributed by atoms with E-state index < -0.39 is 12.1 Å². The van der Waals surface area contributed by atoms with Crippen LogP contribution >= 0.6 is 0 Å². The number of aliphatic hydroxyl groups is 2. The van der Waals surface area contributed by atoms with Crippen molar-refractivity contribution in [3.8, 4) is 0 Å². The number of unbranched alkanes of at least 4 members (excludes halogenated alkanes) is 9. The van der Waals surface area contributed by atoms with E-state index in [0.717, 1.165) is 44.9 Å². The molecule has 2 unspecified atom stereocenters. The van der Waals surface area contributed by atoms with Crippen molar-refractivity contribution < 1.29 is 15.0 Å². The number of aliphatic hydroxyl groups excluding tert-OH is 2. The predicted molar refractivity (Wildman–Crippen MR) is 128 cm³/mol. The first-order chi connectivity index (χ1) is 14.7. The number of hydrogen-bond donors (Lipinski definition) is 3. The molecule has 30 heavy (non-hydrogen) atoms. The standard InChI is InChI=1S/C26H47NO3/c1-3-5-7-9-10-11-12-13-14-15-16-18-19-21-25(29)24(23-28)27-26(30)22-20-17-8-6-4-2/h10-11,14-15,19,21,24-25,28-29H,3-9,12-13,16-18,20,22-23H2,1-2H3,(H,27,30)/b11-10+,15-14+,21-19+. The maximum atomic E-state index is 12.0. The second-order valence-electron chi connectivity index (χ2n) is 8.03. The van der Waals surface area contributed by atoms with E-state index in [2.05, 4.69) is 43.5 Å². The third-order valence-electron chi connectivity index (χ3n) is 5.10. The molecule has 0 aromatic rings. The number of amides is 1. The molecule has 174 valence electrons. The summed E-state index contributed by atoms with van der Waals surface area (Å²) in [7, 11) is 0. The fourth-order valence-electron chi connectivity index (χ4n) is 3.15. The van der Waals surface area contributed by atoms with Crippen LogP contribution in [0.3, 0.4) is 0 Å². The fraction of sp³-hybridized carbons (Fsp3) is 0.731. The van der Waals surface area contributed by atoms with Gasteiger partial charge in [-0.3, -0.25) is 4.79 Å². The van der Waals surface area contributed by atoms with Gasteiger partial charge >= 0.3 is 0 Å². The Labute approximate surface area is 185 Å². The number of carbonyl (C=O) groups is 1. The average Bonchev–Trinajstić information content (AvgIpc) is 2.75. The van der Waals surface area contributed by atoms with Gasteiger partial charge < -0.3 is 15.5 Å². The molecular formula is C26H47NO3. The Morgan fingerprint density at radius 1 is 0.767 bits per heavy atom. The molecule has 4 heteroatoms. The van der Waals surface area contributed by atoms with Crippen molar-refractivity contribution in [2.75, 3.05) is 6.61 Å². The minimum atomic E-state index is -0.860. The summed E-state index contributed by atoms with van der Waals surface area (Å²) in [6.45, 7) is 4.13. The van der Waals surface area contributed by atoms with Gasteiger partial charge in [-0.2, -0.15) is 0 Å². The maximum Gasteiger partial charge on any atom is 0.220 e. The summed E-state index contributed by atoms with van der Waals surface area (Å²) in [6, 6.07) is -0.635. The van der Waals surface area contributed by atoms with Gasteiger partial charge in [0.15, 0.2) is 0 Å². The van der Waals surface area contributed by atoms with Crippen LogP contribution < -0.4 is 5.32 Å². The van der Waals surface area contributed by atoms with E-state index in [0.29, 0.717) is 6.42 Å². The lowest BCUT2D eigenvalue weighted by Crippen LogP contribution is -2.45. The van der Waals surface area contributed by atoms with Gasteiger partial charge in [-0.25, -0.2) is 0 Å². The molecule has 0 heterocycles. The molecule has 0 aliphatic heterocycles. The lowest BCUT2D eigenvalue weighted by Gasteiger charge is -2.19. The molecule has 0 aliphatic rings. The van der Waals surface area contributed by atoms with E-state index in [9.17, 15) is 15.0 Å². The van der Waals surface area contributed by atoms with Crippen molar-refractivity contribution >= 4 is 5.91 Å². The van der Waals surface area contributed by atoms with Crippen LogP contribution in [0.2, 0.25) is 0 Å². The van der Waals surface area contributed by atoms with Crippen LogP contribution in [0.1, 0.15) is 104 Å². The normalized spacial score (nSPS) is 14.1. The van der Waals surface area contributed by atoms with Gasteiger partial charge in [0.1, 0.15) is 0 Å². The van der Waals surface area contributed by atoms with Crippen LogP contribution in [0.4, 0.5) is 0 Å². The fourth-order valence-corrected chi connectivity index (χ4v) is 3.15. The van der Waals surface area contributed by atoms with E-state index in [1.54, 1.807) is 6.08 Å². The molecule has 0 rings (SSSR count). The zero-order chi connectivity index (χ0) is 22.3. The van der Waals surface area contributed by atoms with Gasteiger partial charge in [0, 0.05) is 6.42 Å². The first-order valence-electron chi connectivity index (χ1n) is 12.2. The van der Waals surface area contributed by atoms with Crippen LogP contribution in [0.25, 0.3) is 0 Å². The van der Waals surface area contributed by atoms with Crippen molar-refractivity contribution in [3.63, 3.8) is 0 Å². The highest BCUT2D eigenvalue weighted by Crippen LogP contribution is 2.06. The number of hydrogen-bond acceptors (Lipinski definition) is 3. The highest BCUT2D eigenvalue weighted by molar-refractivity contribution is 5.76. The Morgan fingerprint density at radius 2 is 1.30 bits per heavy atom. The molecule has 0 saturated heterocycles. The van der Waals surface area contributed by atoms with Crippen LogP contribution in [0.15, 0.2) is 36.5 Å². The Bertz CT molecular complexity index is 471. The zero-order valence-corrected chi connectivity index (χ0v) is 19.5. The van der Waals surface area contributed by atoms with Crippen LogP contribution in [-0.4, -0.2) is 34.9 Å². The molecule has 3 N–H and O–H groups in total. The van der Waals surface area contributed by atoms with Crippen molar-refractivity contribution in [2.45, 2.75) is 116 Å². The van der Waals surface area contributed by atoms with Crippen LogP contribution in [-0.2, 0) is 4.79 Å². The monoisotopic (exact) mass is 421 g/mol. The van der Waals surface area contributed by atoms with E-state index in [-0.39, 0.29) is 12.5 Å². The summed E-state index contributed by atoms with van der Waals surface area (Å²) in [5.41, 5.74) is 0. The van der Waals surface area contributed by atoms with Crippen LogP contribution in [0, 0.1) is 0 Å². The largest absolute Gasteiger partial charge is 0.394 e. The third kappa shape index (κ3) is 18.6. The topological polar surface area (TPSA) is 69.6 Å². The van der Waals surface area contributed by atoms with Gasteiger partial charge in [0.05, 0.1) is 18.8 Å². The first kappa shape index (κ1) is 28.6. The molecular weight excluding hydrogens is 374 g/mol. The Morgan fingerprint density at radius 3 is 1.90 bits per heavy atom. The molecule has 1 amide bonds. The second-order valence-corrected chi connectivity index (χ2v) is 8.03. The van der Waals surface area contributed by atoms with Crippen molar-refractivity contribution in [1.29, 1.82) is 0 Å². The molecule has 0 fully saturated rings. The van der Waals surface area contributed by atoms with Gasteiger partial charge in [-0.05, 0) is 44.9 Å². The Hall–Kier alpha value is -1.39. The first-order valence-corrected chi connectivity index (χ1v) is 12.2. The summed E-state index contributed by atoms with van der Waals surface area (Å²) < 4.78 is 0. The van der Waals surface area contributed by atoms with Crippen LogP contribution in [0.5, 0.6) is 0 Å². The van der Waals surface area contributed by atoms with Gasteiger partial charge in [-0.1, -0.05) is 88.8 Å². The molecule has 0 bridgehead atoms. The van der Waals surface area contributed by atoms with E-state index in [1.807, 2.05) is 6.08 Å². The molecule has 0 aromatic heterocycles. The van der Waals surface area contributed by atoms with Crippen molar-refractivity contribution in [2.24, 2.45) is 0 Å². The number of carbonyl (C=O) groups excluding carboxylic acids is 1. The predicted octanol–water partition coefficient (Wildman–Crippen LogP) is 5.99. The third-order valence-corrected chi connectivity index (χ3v) is 5.10. The lowest BCUT2D eigenvalue weighted by molar-refractivity contribution is -0.123. The summed E-state index contributed by atoms with van der Waals surface area (Å²) in [5.74, 6) is -0.0969. The molecule has 0 aliphatic carbocycles. The lowest BCUT2D eigenvalue weighted by atomic mass is 10.1. The summed E-state index contributed by atoms with van der Waals surface area (Å²) in [6.07, 6.45) is 26.6. The van der Waals surface area contributed by atoms with Gasteiger partial charge in [0.2, 0.25) is 5.91 Å². The number of allylic oxidation sites excluding steroid dienone is 5. The summed E-state index contributed by atoms with van der Waals surface area (Å²) in [5, 5.41) is 22.4. The smallest absolute Gasteiger partial charge is 0.220 e. The van der Waals surface area contributed by atoms with Crippen molar-refractivity contribution in [3.05, 3.63) is 36.5 Å². The molecule has 2 atom stereocenters. The van der Waals surface area contributed by atoms with E-state index in [4.69, 9.17) is 0 Å². The zero-order valence-electron chi connectivity index (χ0n) is 19.5. The molecule has 4 nitrogen and oxygen atoms in total. The molecule has 0 spiro atoms. The Kier molecular flexibility index (Phi) is 21.3. The van der Waals surface area contributed by atoms with Gasteiger partial charge in [0.25, 0.3) is 0 Å². The SMILES string of the molecule is CCCCC/C=C/CC/C=C/CC/C=C/C(O)C(CO)NC(=O)CCCCCCC.